The van der Waals surface area contributed by atoms with Crippen molar-refractivity contribution in [2.24, 2.45) is 0 Å². The molecule has 0 aromatic heterocycles. The van der Waals surface area contributed by atoms with E-state index < -0.39 is 26.8 Å². The molecule has 0 saturated heterocycles. The van der Waals surface area contributed by atoms with E-state index in [4.69, 9.17) is 27.7 Å². The van der Waals surface area contributed by atoms with Crippen LogP contribution in [-0.4, -0.2) is 32.7 Å². The zero-order chi connectivity index (χ0) is 12.9. The molecule has 90 valence electrons. The summed E-state index contributed by atoms with van der Waals surface area (Å²) >= 11 is 0. The summed E-state index contributed by atoms with van der Waals surface area (Å²) in [6.45, 7) is 0. The third kappa shape index (κ3) is 6.53. The van der Waals surface area contributed by atoms with E-state index >= 15 is 0 Å². The maximum Gasteiger partial charge on any atom is 0.394 e. The molecular formula is C6H7NO8S. The van der Waals surface area contributed by atoms with Crippen LogP contribution in [0.15, 0.2) is 18.2 Å². The molecule has 0 aliphatic carbocycles. The molecule has 1 rings (SSSR count). The average Bonchev–Trinajstić information content (AvgIpc) is 2.06. The third-order valence-electron chi connectivity index (χ3n) is 1.16. The van der Waals surface area contributed by atoms with Crippen LogP contribution in [0.5, 0.6) is 11.5 Å². The van der Waals surface area contributed by atoms with Gasteiger partial charge in [0.25, 0.3) is 0 Å². The van der Waals surface area contributed by atoms with Gasteiger partial charge in [-0.25, -0.2) is 0 Å². The van der Waals surface area contributed by atoms with Crippen molar-refractivity contribution in [1.82, 2.24) is 0 Å². The number of rotatable bonds is 1. The van der Waals surface area contributed by atoms with Crippen LogP contribution in [0.25, 0.3) is 0 Å². The monoisotopic (exact) mass is 253 g/mol. The van der Waals surface area contributed by atoms with Crippen molar-refractivity contribution in [1.29, 1.82) is 0 Å². The van der Waals surface area contributed by atoms with E-state index in [0.717, 1.165) is 12.1 Å². The van der Waals surface area contributed by atoms with Gasteiger partial charge in [0.2, 0.25) is 0 Å². The highest BCUT2D eigenvalue weighted by atomic mass is 32.3. The first-order valence-electron chi connectivity index (χ1n) is 3.47. The van der Waals surface area contributed by atoms with Crippen LogP contribution in [0.2, 0.25) is 0 Å². The summed E-state index contributed by atoms with van der Waals surface area (Å²) in [7, 11) is -4.67. The second-order valence-corrected chi connectivity index (χ2v) is 3.27. The summed E-state index contributed by atoms with van der Waals surface area (Å²) in [6.07, 6.45) is 0. The van der Waals surface area contributed by atoms with Gasteiger partial charge in [-0.15, -0.1) is 0 Å². The van der Waals surface area contributed by atoms with Gasteiger partial charge in [-0.2, -0.15) is 8.42 Å². The van der Waals surface area contributed by atoms with Gasteiger partial charge in [0, 0.05) is 0 Å². The van der Waals surface area contributed by atoms with Gasteiger partial charge in [-0.1, -0.05) is 0 Å². The van der Waals surface area contributed by atoms with Gasteiger partial charge < -0.3 is 10.2 Å². The number of benzene rings is 1. The summed E-state index contributed by atoms with van der Waals surface area (Å²) < 4.78 is 31.6. The fourth-order valence-corrected chi connectivity index (χ4v) is 0.658. The fourth-order valence-electron chi connectivity index (χ4n) is 0.658. The lowest BCUT2D eigenvalue weighted by Crippen LogP contribution is -1.89. The Morgan fingerprint density at radius 2 is 1.62 bits per heavy atom. The first kappa shape index (κ1) is 14.1. The van der Waals surface area contributed by atoms with Crippen LogP contribution >= 0.6 is 0 Å². The Labute approximate surface area is 89.3 Å². The summed E-state index contributed by atoms with van der Waals surface area (Å²) in [6, 6.07) is 3.12. The molecule has 0 aliphatic rings. The largest absolute Gasteiger partial charge is 0.508 e. The van der Waals surface area contributed by atoms with E-state index in [1.165, 1.54) is 6.07 Å². The van der Waals surface area contributed by atoms with Crippen LogP contribution in [0.4, 0.5) is 5.69 Å². The topological polar surface area (TPSA) is 158 Å². The normalized spacial score (nSPS) is 10.1. The van der Waals surface area contributed by atoms with Gasteiger partial charge >= 0.3 is 16.1 Å². The number of phenols is 2. The van der Waals surface area contributed by atoms with Crippen molar-refractivity contribution in [2.45, 2.75) is 0 Å². The summed E-state index contributed by atoms with van der Waals surface area (Å²) in [4.78, 5) is 9.34. The fraction of sp³-hybridized carbons (Fsp3) is 0. The predicted octanol–water partition coefficient (Wildman–Crippen LogP) is 0.353. The molecule has 1 aromatic rings. The molecule has 0 atom stereocenters. The number of nitro groups is 1. The number of hydrogen-bond donors (Lipinski definition) is 4. The van der Waals surface area contributed by atoms with E-state index in [0.29, 0.717) is 0 Å². The second-order valence-electron chi connectivity index (χ2n) is 2.38. The highest BCUT2D eigenvalue weighted by Gasteiger charge is 2.12. The molecule has 1 aromatic carbocycles. The molecule has 0 saturated carbocycles. The minimum absolute atomic E-state index is 0.241. The molecule has 0 radical (unpaired) electrons. The molecule has 0 unspecified atom stereocenters. The zero-order valence-electron chi connectivity index (χ0n) is 7.51. The lowest BCUT2D eigenvalue weighted by Gasteiger charge is -1.94. The maximum absolute atomic E-state index is 10.1. The van der Waals surface area contributed by atoms with Gasteiger partial charge in [0.15, 0.2) is 5.75 Å². The Morgan fingerprint density at radius 3 is 1.94 bits per heavy atom. The number of nitrogens with zero attached hydrogens (tertiary/aromatic N) is 1. The molecule has 0 fully saturated rings. The van der Waals surface area contributed by atoms with Gasteiger partial charge in [0.05, 0.1) is 11.0 Å². The minimum Gasteiger partial charge on any atom is -0.508 e. The predicted molar refractivity (Wildman–Crippen MR) is 50.6 cm³/mol. The summed E-state index contributed by atoms with van der Waals surface area (Å²) in [5.74, 6) is -0.692. The van der Waals surface area contributed by atoms with E-state index in [9.17, 15) is 10.1 Å². The molecule has 0 spiro atoms. The van der Waals surface area contributed by atoms with Gasteiger partial charge in [-0.3, -0.25) is 19.2 Å². The SMILES string of the molecule is O=S(=O)(O)O.O=[N+]([O-])c1cc(O)ccc1O. The van der Waals surface area contributed by atoms with Crippen LogP contribution in [-0.2, 0) is 10.4 Å². The Kier molecular flexibility index (Phi) is 4.62. The van der Waals surface area contributed by atoms with Crippen molar-refractivity contribution < 1.29 is 32.7 Å². The van der Waals surface area contributed by atoms with Crippen LogP contribution < -0.4 is 0 Å². The smallest absolute Gasteiger partial charge is 0.394 e. The third-order valence-corrected chi connectivity index (χ3v) is 1.16. The molecule has 10 heteroatoms. The average molecular weight is 253 g/mol. The summed E-state index contributed by atoms with van der Waals surface area (Å²) in [5, 5.41) is 27.7. The Bertz CT molecular complexity index is 473. The molecule has 0 bridgehead atoms. The first-order valence-corrected chi connectivity index (χ1v) is 4.87. The Hall–Kier alpha value is -1.91. The highest BCUT2D eigenvalue weighted by molar-refractivity contribution is 7.79. The van der Waals surface area contributed by atoms with Gasteiger partial charge in [-0.05, 0) is 12.1 Å². The maximum atomic E-state index is 10.1. The molecule has 9 nitrogen and oxygen atoms in total. The van der Waals surface area contributed by atoms with Crippen LogP contribution in [0.1, 0.15) is 0 Å². The second kappa shape index (κ2) is 5.25. The highest BCUT2D eigenvalue weighted by Crippen LogP contribution is 2.28. The van der Waals surface area contributed by atoms with Crippen molar-refractivity contribution >= 4 is 16.1 Å². The molecule has 0 amide bonds. The van der Waals surface area contributed by atoms with E-state index in [1.54, 1.807) is 0 Å². The molecule has 0 heterocycles. The lowest BCUT2D eigenvalue weighted by molar-refractivity contribution is -0.385. The number of nitro benzene ring substituents is 1. The number of hydrogen-bond acceptors (Lipinski definition) is 6. The van der Waals surface area contributed by atoms with Crippen LogP contribution in [0, 0.1) is 10.1 Å². The van der Waals surface area contributed by atoms with E-state index in [2.05, 4.69) is 0 Å². The molecule has 4 N–H and O–H groups in total. The van der Waals surface area contributed by atoms with E-state index in [1.807, 2.05) is 0 Å². The lowest BCUT2D eigenvalue weighted by atomic mass is 10.3. The standard InChI is InChI=1S/C6H5NO4.H2O4S/c8-4-1-2-6(9)5(3-4)7(10)11;1-5(2,3)4/h1-3,8-9H;(H2,1,2,3,4). The van der Waals surface area contributed by atoms with Crippen molar-refractivity contribution in [3.63, 3.8) is 0 Å². The molecule has 16 heavy (non-hydrogen) atoms. The minimum atomic E-state index is -4.67. The zero-order valence-corrected chi connectivity index (χ0v) is 8.33. The first-order chi connectivity index (χ1) is 7.11. The number of phenolic OH excluding ortho intramolecular Hbond substituents is 2. The molecule has 0 aliphatic heterocycles. The van der Waals surface area contributed by atoms with Crippen LogP contribution in [0.3, 0.4) is 0 Å². The summed E-state index contributed by atoms with van der Waals surface area (Å²) in [5.41, 5.74) is -0.495. The van der Waals surface area contributed by atoms with Crippen molar-refractivity contribution in [3.8, 4) is 11.5 Å². The van der Waals surface area contributed by atoms with Gasteiger partial charge in [0.1, 0.15) is 5.75 Å². The van der Waals surface area contributed by atoms with Crippen molar-refractivity contribution in [2.75, 3.05) is 0 Å². The van der Waals surface area contributed by atoms with Crippen molar-refractivity contribution in [3.05, 3.63) is 28.3 Å². The Morgan fingerprint density at radius 1 is 1.19 bits per heavy atom. The molecular weight excluding hydrogens is 246 g/mol. The quantitative estimate of drug-likeness (QED) is 0.241. The number of aromatic hydroxyl groups is 2. The Balaban J connectivity index is 0.000000385. The van der Waals surface area contributed by atoms with E-state index in [-0.39, 0.29) is 5.75 Å².